The van der Waals surface area contributed by atoms with Gasteiger partial charge in [0.1, 0.15) is 11.6 Å². The van der Waals surface area contributed by atoms with Gasteiger partial charge in [0.2, 0.25) is 0 Å². The molecule has 3 heterocycles. The summed E-state index contributed by atoms with van der Waals surface area (Å²) in [7, 11) is 0. The van der Waals surface area contributed by atoms with E-state index >= 15 is 0 Å². The molecule has 150 valence electrons. The van der Waals surface area contributed by atoms with Crippen LogP contribution in [0.4, 0.5) is 11.6 Å². The molecule has 1 aromatic carbocycles. The van der Waals surface area contributed by atoms with Gasteiger partial charge in [-0.15, -0.1) is 0 Å². The van der Waals surface area contributed by atoms with Crippen LogP contribution in [0.5, 0.6) is 0 Å². The monoisotopic (exact) mass is 432 g/mol. The van der Waals surface area contributed by atoms with E-state index in [0.717, 1.165) is 5.56 Å². The maximum absolute atomic E-state index is 10.9. The van der Waals surface area contributed by atoms with E-state index in [-0.39, 0.29) is 5.82 Å². The maximum atomic E-state index is 10.9. The lowest BCUT2D eigenvalue weighted by atomic mass is 10.2. The lowest BCUT2D eigenvalue weighted by Gasteiger charge is -2.15. The first-order valence-electron chi connectivity index (χ1n) is 8.65. The summed E-state index contributed by atoms with van der Waals surface area (Å²) in [6.07, 6.45) is 1.84. The highest BCUT2D eigenvalue weighted by Gasteiger charge is 2.28. The van der Waals surface area contributed by atoms with Gasteiger partial charge in [-0.05, 0) is 23.5 Å². The summed E-state index contributed by atoms with van der Waals surface area (Å²) in [6, 6.07) is 10.8. The van der Waals surface area contributed by atoms with Crippen molar-refractivity contribution in [1.29, 1.82) is 0 Å². The molecule has 1 atom stereocenters. The van der Waals surface area contributed by atoms with Crippen LogP contribution in [-0.4, -0.2) is 35.0 Å². The molecule has 3 aromatic rings. The first-order valence-corrected chi connectivity index (χ1v) is 9.91. The highest BCUT2D eigenvalue weighted by molar-refractivity contribution is 8.14. The molecule has 1 aliphatic rings. The highest BCUT2D eigenvalue weighted by Crippen LogP contribution is 2.28. The van der Waals surface area contributed by atoms with Gasteiger partial charge in [-0.25, -0.2) is 5.01 Å². The quantitative estimate of drug-likeness (QED) is 0.469. The molecule has 12 heteroatoms. The van der Waals surface area contributed by atoms with Gasteiger partial charge in [0.05, 0.1) is 23.4 Å². The number of aromatic nitrogens is 4. The van der Waals surface area contributed by atoms with Gasteiger partial charge < -0.3 is 15.8 Å². The fourth-order valence-corrected chi connectivity index (χ4v) is 3.93. The molecule has 0 saturated carbocycles. The standard InChI is InChI=1S/C17H17ClN8O2S/c1-11-8-15(26(27)28)21-24(11)10-16-22-25(17(19)29-16)14-6-7-23(20-14)9-12-4-2-3-5-13(12)18/h2-8,17H,9-10,19H2,1H3. The first-order chi connectivity index (χ1) is 13.9. The number of rotatable bonds is 6. The molecule has 2 N–H and O–H groups in total. The Hall–Kier alpha value is -2.89. The summed E-state index contributed by atoms with van der Waals surface area (Å²) in [5.74, 6) is 0.417. The van der Waals surface area contributed by atoms with Gasteiger partial charge in [-0.3, -0.25) is 4.68 Å². The zero-order valence-corrected chi connectivity index (χ0v) is 16.9. The predicted molar refractivity (Wildman–Crippen MR) is 112 cm³/mol. The summed E-state index contributed by atoms with van der Waals surface area (Å²) in [5.41, 5.74) is 7.39. The van der Waals surface area contributed by atoms with Gasteiger partial charge in [-0.2, -0.15) is 14.9 Å². The minimum absolute atomic E-state index is 0.189. The number of aryl methyl sites for hydroxylation is 1. The van der Waals surface area contributed by atoms with Gasteiger partial charge in [0, 0.05) is 17.3 Å². The minimum atomic E-state index is -0.517. The normalized spacial score (nSPS) is 16.3. The fourth-order valence-electron chi connectivity index (χ4n) is 2.87. The molecule has 29 heavy (non-hydrogen) atoms. The highest BCUT2D eigenvalue weighted by atomic mass is 35.5. The number of nitrogens with zero attached hydrogens (tertiary/aromatic N) is 7. The van der Waals surface area contributed by atoms with Crippen LogP contribution in [0.25, 0.3) is 0 Å². The summed E-state index contributed by atoms with van der Waals surface area (Å²) in [4.78, 5) is 10.4. The fraction of sp³-hybridized carbons (Fsp3) is 0.235. The zero-order valence-electron chi connectivity index (χ0n) is 15.3. The van der Waals surface area contributed by atoms with Crippen molar-refractivity contribution in [2.75, 3.05) is 5.01 Å². The number of anilines is 1. The lowest BCUT2D eigenvalue weighted by Crippen LogP contribution is -2.32. The molecular formula is C17H17ClN8O2S. The summed E-state index contributed by atoms with van der Waals surface area (Å²) in [5, 5.41) is 26.9. The van der Waals surface area contributed by atoms with E-state index in [1.807, 2.05) is 36.5 Å². The molecular weight excluding hydrogens is 416 g/mol. The molecule has 0 fully saturated rings. The number of nitrogens with two attached hydrogens (primary N) is 1. The van der Waals surface area contributed by atoms with Crippen molar-refractivity contribution in [3.8, 4) is 0 Å². The Balaban J connectivity index is 1.49. The van der Waals surface area contributed by atoms with Crippen LogP contribution in [0, 0.1) is 17.0 Å². The SMILES string of the molecule is Cc1cc([N+](=O)[O-])nn1CC1=NN(c2ccn(Cc3ccccc3Cl)n2)C(N)S1. The molecule has 1 aliphatic heterocycles. The van der Waals surface area contributed by atoms with E-state index in [9.17, 15) is 10.1 Å². The molecule has 0 radical (unpaired) electrons. The molecule has 0 saturated heterocycles. The number of hydrogen-bond donors (Lipinski definition) is 1. The second-order valence-corrected chi connectivity index (χ2v) is 7.97. The topological polar surface area (TPSA) is 120 Å². The summed E-state index contributed by atoms with van der Waals surface area (Å²) < 4.78 is 3.30. The van der Waals surface area contributed by atoms with Crippen LogP contribution in [0.1, 0.15) is 11.3 Å². The van der Waals surface area contributed by atoms with Gasteiger partial charge in [0.25, 0.3) is 0 Å². The Morgan fingerprint density at radius 1 is 1.28 bits per heavy atom. The van der Waals surface area contributed by atoms with Crippen molar-refractivity contribution in [2.24, 2.45) is 10.8 Å². The molecule has 0 aliphatic carbocycles. The molecule has 1 unspecified atom stereocenters. The van der Waals surface area contributed by atoms with Crippen LogP contribution in [0.15, 0.2) is 47.7 Å². The molecule has 0 amide bonds. The maximum Gasteiger partial charge on any atom is 0.390 e. The van der Waals surface area contributed by atoms with Crippen LogP contribution in [-0.2, 0) is 13.1 Å². The molecule has 0 bridgehead atoms. The second kappa shape index (κ2) is 7.85. The third-order valence-corrected chi connectivity index (χ3v) is 5.60. The second-order valence-electron chi connectivity index (χ2n) is 6.37. The van der Waals surface area contributed by atoms with Crippen molar-refractivity contribution in [1.82, 2.24) is 19.6 Å². The number of hydrogen-bond acceptors (Lipinski definition) is 8. The Bertz CT molecular complexity index is 1090. The average Bonchev–Trinajstić information content (AvgIpc) is 3.37. The molecule has 2 aromatic heterocycles. The Kier molecular flexibility index (Phi) is 5.26. The Morgan fingerprint density at radius 2 is 2.07 bits per heavy atom. The third kappa shape index (κ3) is 4.11. The number of halogens is 1. The summed E-state index contributed by atoms with van der Waals surface area (Å²) in [6.45, 7) is 2.59. The van der Waals surface area contributed by atoms with Crippen molar-refractivity contribution in [2.45, 2.75) is 25.5 Å². The molecule has 4 rings (SSSR count). The largest absolute Gasteiger partial charge is 0.390 e. The number of thioether (sulfide) groups is 1. The van der Waals surface area contributed by atoms with Crippen LogP contribution in [0.2, 0.25) is 5.02 Å². The Morgan fingerprint density at radius 3 is 2.79 bits per heavy atom. The van der Waals surface area contributed by atoms with E-state index in [4.69, 9.17) is 17.3 Å². The zero-order chi connectivity index (χ0) is 20.5. The van der Waals surface area contributed by atoms with Crippen molar-refractivity contribution < 1.29 is 4.92 Å². The van der Waals surface area contributed by atoms with Gasteiger partial charge in [0.15, 0.2) is 11.3 Å². The first kappa shape index (κ1) is 19.4. The Labute approximate surface area is 175 Å². The number of benzene rings is 1. The smallest absolute Gasteiger partial charge is 0.358 e. The van der Waals surface area contributed by atoms with Crippen molar-refractivity contribution in [3.63, 3.8) is 0 Å². The van der Waals surface area contributed by atoms with Crippen LogP contribution >= 0.6 is 23.4 Å². The minimum Gasteiger partial charge on any atom is -0.358 e. The number of nitro groups is 1. The van der Waals surface area contributed by atoms with E-state index in [1.165, 1.54) is 22.5 Å². The van der Waals surface area contributed by atoms with E-state index < -0.39 is 10.4 Å². The average molecular weight is 433 g/mol. The van der Waals surface area contributed by atoms with Crippen molar-refractivity contribution in [3.05, 3.63) is 69.0 Å². The van der Waals surface area contributed by atoms with Gasteiger partial charge >= 0.3 is 5.82 Å². The molecule has 0 spiro atoms. The van der Waals surface area contributed by atoms with E-state index in [2.05, 4.69) is 15.3 Å². The van der Waals surface area contributed by atoms with Gasteiger partial charge in [-0.1, -0.05) is 41.6 Å². The van der Waals surface area contributed by atoms with Crippen LogP contribution in [0.3, 0.4) is 0 Å². The van der Waals surface area contributed by atoms with E-state index in [1.54, 1.807) is 16.6 Å². The third-order valence-electron chi connectivity index (χ3n) is 4.31. The predicted octanol–water partition coefficient (Wildman–Crippen LogP) is 2.81. The lowest BCUT2D eigenvalue weighted by molar-refractivity contribution is -0.389. The van der Waals surface area contributed by atoms with Crippen molar-refractivity contribution >= 4 is 40.0 Å². The summed E-state index contributed by atoms with van der Waals surface area (Å²) >= 11 is 7.57. The van der Waals surface area contributed by atoms with E-state index in [0.29, 0.717) is 34.7 Å². The number of hydrazone groups is 1. The molecule has 10 nitrogen and oxygen atoms in total. The van der Waals surface area contributed by atoms with Crippen LogP contribution < -0.4 is 10.7 Å².